The highest BCUT2D eigenvalue weighted by Gasteiger charge is 2.10. The molecule has 0 aliphatic rings. The number of aromatic nitrogens is 1. The lowest BCUT2D eigenvalue weighted by Crippen LogP contribution is -1.88. The predicted octanol–water partition coefficient (Wildman–Crippen LogP) is 7.03. The minimum absolute atomic E-state index is 1.15. The van der Waals surface area contributed by atoms with Crippen molar-refractivity contribution >= 4 is 21.5 Å². The third kappa shape index (κ3) is 2.78. The van der Waals surface area contributed by atoms with Gasteiger partial charge in [0.05, 0.1) is 0 Å². The molecule has 1 heteroatoms. The van der Waals surface area contributed by atoms with Crippen molar-refractivity contribution in [2.75, 3.05) is 0 Å². The third-order valence-corrected chi connectivity index (χ3v) is 5.15. The maximum Gasteiger partial charge on any atom is 0.0346 e. The van der Waals surface area contributed by atoms with Gasteiger partial charge in [0.15, 0.2) is 0 Å². The van der Waals surface area contributed by atoms with Crippen molar-refractivity contribution in [3.63, 3.8) is 0 Å². The van der Waals surface area contributed by atoms with E-state index in [1.54, 1.807) is 0 Å². The average Bonchev–Trinajstić information content (AvgIpc) is 2.73. The molecular formula is C26H19N. The van der Waals surface area contributed by atoms with Crippen molar-refractivity contribution < 1.29 is 0 Å². The summed E-state index contributed by atoms with van der Waals surface area (Å²) in [6, 6.07) is 30.5. The Balaban J connectivity index is 1.82. The van der Waals surface area contributed by atoms with E-state index in [1.807, 2.05) is 18.5 Å². The Hall–Kier alpha value is -3.45. The first-order valence-electron chi connectivity index (χ1n) is 9.22. The molecule has 5 rings (SSSR count). The fourth-order valence-electron chi connectivity index (χ4n) is 3.93. The molecule has 0 atom stereocenters. The molecule has 1 aromatic heterocycles. The van der Waals surface area contributed by atoms with Crippen LogP contribution in [0.25, 0.3) is 43.8 Å². The SMILES string of the molecule is Cc1cc(-c2cccnc2)cc(-c2cc3ccccc3c3ccccc23)c1. The molecule has 0 aliphatic heterocycles. The van der Waals surface area contributed by atoms with Crippen LogP contribution < -0.4 is 0 Å². The van der Waals surface area contributed by atoms with E-state index in [0.29, 0.717) is 0 Å². The van der Waals surface area contributed by atoms with Gasteiger partial charge in [-0.1, -0.05) is 66.7 Å². The molecule has 0 spiro atoms. The first-order valence-corrected chi connectivity index (χ1v) is 9.22. The summed E-state index contributed by atoms with van der Waals surface area (Å²) in [5.74, 6) is 0. The summed E-state index contributed by atoms with van der Waals surface area (Å²) < 4.78 is 0. The van der Waals surface area contributed by atoms with Crippen molar-refractivity contribution in [2.24, 2.45) is 0 Å². The molecule has 0 bridgehead atoms. The van der Waals surface area contributed by atoms with Gasteiger partial charge >= 0.3 is 0 Å². The monoisotopic (exact) mass is 345 g/mol. The summed E-state index contributed by atoms with van der Waals surface area (Å²) in [4.78, 5) is 4.28. The number of rotatable bonds is 2. The second-order valence-electron chi connectivity index (χ2n) is 7.02. The fourth-order valence-corrected chi connectivity index (χ4v) is 3.93. The zero-order valence-corrected chi connectivity index (χ0v) is 15.2. The third-order valence-electron chi connectivity index (χ3n) is 5.15. The number of aryl methyl sites for hydroxylation is 1. The van der Waals surface area contributed by atoms with Gasteiger partial charge in [0.2, 0.25) is 0 Å². The van der Waals surface area contributed by atoms with E-state index in [0.717, 1.165) is 5.56 Å². The van der Waals surface area contributed by atoms with Gasteiger partial charge in [0.25, 0.3) is 0 Å². The predicted molar refractivity (Wildman–Crippen MR) is 115 cm³/mol. The quantitative estimate of drug-likeness (QED) is 0.313. The molecule has 0 radical (unpaired) electrons. The normalized spacial score (nSPS) is 11.1. The summed E-state index contributed by atoms with van der Waals surface area (Å²) in [7, 11) is 0. The Bertz CT molecular complexity index is 1270. The fraction of sp³-hybridized carbons (Fsp3) is 0.0385. The average molecular weight is 345 g/mol. The van der Waals surface area contributed by atoms with E-state index in [9.17, 15) is 0 Å². The van der Waals surface area contributed by atoms with Crippen molar-refractivity contribution in [3.8, 4) is 22.3 Å². The van der Waals surface area contributed by atoms with Gasteiger partial charge in [-0.15, -0.1) is 0 Å². The van der Waals surface area contributed by atoms with Crippen molar-refractivity contribution in [1.29, 1.82) is 0 Å². The second-order valence-corrected chi connectivity index (χ2v) is 7.02. The van der Waals surface area contributed by atoms with Gasteiger partial charge < -0.3 is 0 Å². The highest BCUT2D eigenvalue weighted by molar-refractivity contribution is 6.13. The molecule has 0 aliphatic carbocycles. The topological polar surface area (TPSA) is 12.9 Å². The maximum absolute atomic E-state index is 4.28. The van der Waals surface area contributed by atoms with Gasteiger partial charge in [0, 0.05) is 18.0 Å². The molecule has 0 saturated carbocycles. The molecule has 1 nitrogen and oxygen atoms in total. The van der Waals surface area contributed by atoms with Crippen LogP contribution in [0, 0.1) is 6.92 Å². The smallest absolute Gasteiger partial charge is 0.0346 e. The van der Waals surface area contributed by atoms with E-state index in [1.165, 1.54) is 43.8 Å². The number of nitrogens with zero attached hydrogens (tertiary/aromatic N) is 1. The molecule has 0 fully saturated rings. The number of fused-ring (bicyclic) bond motifs is 3. The van der Waals surface area contributed by atoms with Crippen LogP contribution in [0.1, 0.15) is 5.56 Å². The van der Waals surface area contributed by atoms with Gasteiger partial charge in [-0.05, 0) is 68.9 Å². The largest absolute Gasteiger partial charge is 0.264 e. The van der Waals surface area contributed by atoms with Crippen LogP contribution in [0.3, 0.4) is 0 Å². The molecular weight excluding hydrogens is 326 g/mol. The molecule has 128 valence electrons. The highest BCUT2D eigenvalue weighted by Crippen LogP contribution is 2.36. The summed E-state index contributed by atoms with van der Waals surface area (Å²) in [5.41, 5.74) is 6.13. The number of hydrogen-bond donors (Lipinski definition) is 0. The van der Waals surface area contributed by atoms with Crippen LogP contribution in [-0.2, 0) is 0 Å². The van der Waals surface area contributed by atoms with Crippen molar-refractivity contribution in [1.82, 2.24) is 4.98 Å². The van der Waals surface area contributed by atoms with E-state index in [4.69, 9.17) is 0 Å². The maximum atomic E-state index is 4.28. The summed E-state index contributed by atoms with van der Waals surface area (Å²) in [6.07, 6.45) is 3.74. The zero-order chi connectivity index (χ0) is 18.2. The molecule has 0 N–H and O–H groups in total. The molecule has 4 aromatic carbocycles. The first-order chi connectivity index (χ1) is 13.3. The summed E-state index contributed by atoms with van der Waals surface area (Å²) in [5, 5.41) is 5.17. The highest BCUT2D eigenvalue weighted by atomic mass is 14.6. The molecule has 0 saturated heterocycles. The Morgan fingerprint density at radius 2 is 1.33 bits per heavy atom. The Morgan fingerprint density at radius 1 is 0.593 bits per heavy atom. The van der Waals surface area contributed by atoms with Crippen LogP contribution in [0.5, 0.6) is 0 Å². The van der Waals surface area contributed by atoms with E-state index in [-0.39, 0.29) is 0 Å². The summed E-state index contributed by atoms with van der Waals surface area (Å²) in [6.45, 7) is 2.16. The van der Waals surface area contributed by atoms with Gasteiger partial charge in [-0.3, -0.25) is 4.98 Å². The van der Waals surface area contributed by atoms with E-state index < -0.39 is 0 Å². The van der Waals surface area contributed by atoms with Crippen molar-refractivity contribution in [2.45, 2.75) is 6.92 Å². The molecule has 1 heterocycles. The number of hydrogen-bond acceptors (Lipinski definition) is 1. The lowest BCUT2D eigenvalue weighted by atomic mass is 9.91. The Kier molecular flexibility index (Phi) is 3.72. The van der Waals surface area contributed by atoms with Crippen LogP contribution >= 0.6 is 0 Å². The molecule has 0 unspecified atom stereocenters. The minimum atomic E-state index is 1.15. The second kappa shape index (κ2) is 6.37. The van der Waals surface area contributed by atoms with Crippen LogP contribution in [0.15, 0.2) is 97.3 Å². The lowest BCUT2D eigenvalue weighted by Gasteiger charge is -2.13. The number of benzene rings is 4. The van der Waals surface area contributed by atoms with Crippen molar-refractivity contribution in [3.05, 3.63) is 103 Å². The lowest BCUT2D eigenvalue weighted by molar-refractivity contribution is 1.33. The van der Waals surface area contributed by atoms with Gasteiger partial charge in [-0.2, -0.15) is 0 Å². The molecule has 0 amide bonds. The van der Waals surface area contributed by atoms with E-state index >= 15 is 0 Å². The Morgan fingerprint density at radius 3 is 2.15 bits per heavy atom. The zero-order valence-electron chi connectivity index (χ0n) is 15.2. The standard InChI is InChI=1S/C26H19N/c1-18-13-21(20-8-6-12-27-17-20)15-22(14-18)26-16-19-7-2-3-9-23(19)24-10-4-5-11-25(24)26/h2-17H,1H3. The Labute approximate surface area is 158 Å². The molecule has 5 aromatic rings. The van der Waals surface area contributed by atoms with Gasteiger partial charge in [-0.25, -0.2) is 0 Å². The van der Waals surface area contributed by atoms with E-state index in [2.05, 4.69) is 90.8 Å². The van der Waals surface area contributed by atoms with Crippen LogP contribution in [-0.4, -0.2) is 4.98 Å². The first kappa shape index (κ1) is 15.8. The van der Waals surface area contributed by atoms with Gasteiger partial charge in [0.1, 0.15) is 0 Å². The summed E-state index contributed by atoms with van der Waals surface area (Å²) >= 11 is 0. The number of pyridine rings is 1. The van der Waals surface area contributed by atoms with Crippen LogP contribution in [0.2, 0.25) is 0 Å². The van der Waals surface area contributed by atoms with Crippen LogP contribution in [0.4, 0.5) is 0 Å². The molecule has 27 heavy (non-hydrogen) atoms. The minimum Gasteiger partial charge on any atom is -0.264 e.